The van der Waals surface area contributed by atoms with Crippen LogP contribution >= 0.6 is 0 Å². The number of carbonyl (C=O) groups excluding carboxylic acids is 2. The van der Waals surface area contributed by atoms with Gasteiger partial charge in [0.15, 0.2) is 18.1 Å². The summed E-state index contributed by atoms with van der Waals surface area (Å²) in [7, 11) is 4.61. The number of nitrogens with zero attached hydrogens (tertiary/aromatic N) is 2. The lowest BCUT2D eigenvalue weighted by atomic mass is 9.97. The van der Waals surface area contributed by atoms with E-state index < -0.39 is 12.6 Å². The minimum Gasteiger partial charge on any atom is -0.493 e. The summed E-state index contributed by atoms with van der Waals surface area (Å²) in [5.74, 6) is 0.629. The molecule has 0 fully saturated rings. The first-order valence-corrected chi connectivity index (χ1v) is 13.4. The number of hydrazone groups is 1. The molecule has 1 unspecified atom stereocenters. The van der Waals surface area contributed by atoms with Crippen molar-refractivity contribution in [3.63, 3.8) is 0 Å². The van der Waals surface area contributed by atoms with E-state index in [1.54, 1.807) is 12.1 Å². The van der Waals surface area contributed by atoms with E-state index in [2.05, 4.69) is 24.3 Å². The highest BCUT2D eigenvalue weighted by molar-refractivity contribution is 6.05. The van der Waals surface area contributed by atoms with Crippen LogP contribution in [0.25, 0.3) is 10.8 Å². The molecule has 41 heavy (non-hydrogen) atoms. The van der Waals surface area contributed by atoms with Gasteiger partial charge in [0.05, 0.1) is 33.1 Å². The number of methoxy groups -OCH3 is 3. The molecule has 1 aliphatic rings. The lowest BCUT2D eigenvalue weighted by molar-refractivity contribution is -0.152. The zero-order chi connectivity index (χ0) is 28.8. The van der Waals surface area contributed by atoms with E-state index in [4.69, 9.17) is 24.0 Å². The number of ether oxygens (including phenoxy) is 4. The Morgan fingerprint density at radius 2 is 1.51 bits per heavy atom. The Hall–Kier alpha value is -4.85. The molecule has 0 saturated heterocycles. The molecule has 8 nitrogen and oxygen atoms in total. The van der Waals surface area contributed by atoms with Crippen molar-refractivity contribution in [1.82, 2.24) is 5.01 Å². The second kappa shape index (κ2) is 12.6. The van der Waals surface area contributed by atoms with Gasteiger partial charge in [0.1, 0.15) is 0 Å². The van der Waals surface area contributed by atoms with Gasteiger partial charge in [-0.25, -0.2) is 5.01 Å². The van der Waals surface area contributed by atoms with Crippen molar-refractivity contribution < 1.29 is 28.5 Å². The Labute approximate surface area is 239 Å². The van der Waals surface area contributed by atoms with Crippen molar-refractivity contribution >= 4 is 28.4 Å². The number of hydrogen-bond donors (Lipinski definition) is 0. The highest BCUT2D eigenvalue weighted by atomic mass is 16.5. The maximum absolute atomic E-state index is 13.3. The van der Waals surface area contributed by atoms with Crippen LogP contribution in [-0.4, -0.2) is 50.5 Å². The Balaban J connectivity index is 1.27. The molecule has 0 aliphatic carbocycles. The topological polar surface area (TPSA) is 86.7 Å². The highest BCUT2D eigenvalue weighted by Crippen LogP contribution is 2.38. The number of amides is 1. The summed E-state index contributed by atoms with van der Waals surface area (Å²) >= 11 is 0. The maximum Gasteiger partial charge on any atom is 0.306 e. The van der Waals surface area contributed by atoms with Crippen molar-refractivity contribution in [1.29, 1.82) is 0 Å². The maximum atomic E-state index is 13.3. The van der Waals surface area contributed by atoms with Gasteiger partial charge in [-0.05, 0) is 52.1 Å². The Bertz CT molecular complexity index is 1560. The normalized spacial score (nSPS) is 14.5. The largest absolute Gasteiger partial charge is 0.493 e. The fourth-order valence-corrected chi connectivity index (χ4v) is 5.03. The number of hydrogen-bond acceptors (Lipinski definition) is 7. The predicted molar refractivity (Wildman–Crippen MR) is 157 cm³/mol. The fraction of sp³-hybridized carbons (Fsp3) is 0.242. The molecule has 0 radical (unpaired) electrons. The third-order valence-corrected chi connectivity index (χ3v) is 7.13. The van der Waals surface area contributed by atoms with Gasteiger partial charge in [-0.3, -0.25) is 9.59 Å². The van der Waals surface area contributed by atoms with E-state index in [1.165, 1.54) is 26.3 Å². The van der Waals surface area contributed by atoms with Gasteiger partial charge in [0.2, 0.25) is 5.75 Å². The monoisotopic (exact) mass is 552 g/mol. The first kappa shape index (κ1) is 27.7. The SMILES string of the molecule is COc1cc(CCC(=O)OCC(=O)N2N=C(c3ccc4ccccc4c3)CC2c2ccccc2)cc(OC)c1OC. The number of benzene rings is 4. The van der Waals surface area contributed by atoms with Crippen LogP contribution < -0.4 is 14.2 Å². The summed E-state index contributed by atoms with van der Waals surface area (Å²) in [5.41, 5.74) is 3.55. The summed E-state index contributed by atoms with van der Waals surface area (Å²) in [5, 5.41) is 8.42. The molecule has 1 amide bonds. The van der Waals surface area contributed by atoms with Crippen molar-refractivity contribution in [2.45, 2.75) is 25.3 Å². The Morgan fingerprint density at radius 1 is 0.829 bits per heavy atom. The van der Waals surface area contributed by atoms with Crippen LogP contribution in [0.5, 0.6) is 17.2 Å². The molecule has 1 aliphatic heterocycles. The van der Waals surface area contributed by atoms with Gasteiger partial charge in [0, 0.05) is 12.8 Å². The quantitative estimate of drug-likeness (QED) is 0.234. The van der Waals surface area contributed by atoms with Gasteiger partial charge in [-0.2, -0.15) is 5.10 Å². The number of fused-ring (bicyclic) bond motifs is 1. The predicted octanol–water partition coefficient (Wildman–Crippen LogP) is 5.72. The Morgan fingerprint density at radius 3 is 2.20 bits per heavy atom. The first-order chi connectivity index (χ1) is 20.0. The van der Waals surface area contributed by atoms with Gasteiger partial charge in [0.25, 0.3) is 5.91 Å². The lowest BCUT2D eigenvalue weighted by Gasteiger charge is -2.22. The molecule has 0 spiro atoms. The van der Waals surface area contributed by atoms with E-state index in [-0.39, 0.29) is 18.4 Å². The first-order valence-electron chi connectivity index (χ1n) is 13.4. The minimum atomic E-state index is -0.485. The van der Waals surface area contributed by atoms with Crippen LogP contribution in [0.1, 0.15) is 35.6 Å². The molecule has 8 heteroatoms. The van der Waals surface area contributed by atoms with Crippen molar-refractivity contribution in [3.05, 3.63) is 102 Å². The van der Waals surface area contributed by atoms with E-state index >= 15 is 0 Å². The smallest absolute Gasteiger partial charge is 0.306 e. The van der Waals surface area contributed by atoms with Crippen LogP contribution in [0.4, 0.5) is 0 Å². The lowest BCUT2D eigenvalue weighted by Crippen LogP contribution is -2.31. The summed E-state index contributed by atoms with van der Waals surface area (Å²) < 4.78 is 21.5. The minimum absolute atomic E-state index is 0.0830. The van der Waals surface area contributed by atoms with Crippen molar-refractivity contribution in [2.75, 3.05) is 27.9 Å². The second-order valence-electron chi connectivity index (χ2n) is 9.67. The zero-order valence-corrected chi connectivity index (χ0v) is 23.3. The molecular formula is C33H32N2O6. The molecule has 0 saturated carbocycles. The van der Waals surface area contributed by atoms with Crippen LogP contribution in [0.15, 0.2) is 90.0 Å². The summed E-state index contributed by atoms with van der Waals surface area (Å²) in [6, 6.07) is 27.4. The molecule has 210 valence electrons. The van der Waals surface area contributed by atoms with E-state index in [1.807, 2.05) is 48.5 Å². The van der Waals surface area contributed by atoms with Gasteiger partial charge >= 0.3 is 5.97 Å². The summed E-state index contributed by atoms with van der Waals surface area (Å²) in [4.78, 5) is 25.9. The van der Waals surface area contributed by atoms with E-state index in [0.29, 0.717) is 30.1 Å². The van der Waals surface area contributed by atoms with E-state index in [0.717, 1.165) is 33.2 Å². The van der Waals surface area contributed by atoms with Gasteiger partial charge in [-0.1, -0.05) is 66.7 Å². The van der Waals surface area contributed by atoms with Crippen molar-refractivity contribution in [2.24, 2.45) is 5.10 Å². The molecule has 4 aromatic carbocycles. The van der Waals surface area contributed by atoms with Crippen LogP contribution in [0.3, 0.4) is 0 Å². The standard InChI is InChI=1S/C33H32N2O6/c1-38-29-17-22(18-30(39-2)33(29)40-3)13-16-32(37)41-21-31(36)35-28(24-10-5-4-6-11-24)20-27(34-35)26-15-14-23-9-7-8-12-25(23)19-26/h4-12,14-15,17-19,28H,13,16,20-21H2,1-3H3. The number of rotatable bonds is 10. The zero-order valence-electron chi connectivity index (χ0n) is 23.3. The molecule has 1 atom stereocenters. The Kier molecular flexibility index (Phi) is 8.48. The highest BCUT2D eigenvalue weighted by Gasteiger charge is 2.33. The van der Waals surface area contributed by atoms with E-state index in [9.17, 15) is 9.59 Å². The molecule has 0 N–H and O–H groups in total. The number of carbonyl (C=O) groups is 2. The molecule has 0 bridgehead atoms. The third kappa shape index (κ3) is 6.17. The average Bonchev–Trinajstić information content (AvgIpc) is 3.48. The van der Waals surface area contributed by atoms with Gasteiger partial charge in [-0.15, -0.1) is 0 Å². The van der Waals surface area contributed by atoms with Gasteiger partial charge < -0.3 is 18.9 Å². The molecule has 0 aromatic heterocycles. The molecular weight excluding hydrogens is 520 g/mol. The number of aryl methyl sites for hydroxylation is 1. The van der Waals surface area contributed by atoms with Crippen LogP contribution in [0, 0.1) is 0 Å². The second-order valence-corrected chi connectivity index (χ2v) is 9.67. The third-order valence-electron chi connectivity index (χ3n) is 7.13. The van der Waals surface area contributed by atoms with Crippen molar-refractivity contribution in [3.8, 4) is 17.2 Å². The van der Waals surface area contributed by atoms with Crippen LogP contribution in [-0.2, 0) is 20.7 Å². The number of esters is 1. The summed E-state index contributed by atoms with van der Waals surface area (Å²) in [6.45, 7) is -0.397. The molecule has 5 rings (SSSR count). The average molecular weight is 553 g/mol. The molecule has 1 heterocycles. The fourth-order valence-electron chi connectivity index (χ4n) is 5.03. The van der Waals surface area contributed by atoms with Crippen LogP contribution in [0.2, 0.25) is 0 Å². The summed E-state index contributed by atoms with van der Waals surface area (Å²) in [6.07, 6.45) is 1.02. The molecule has 4 aromatic rings.